The lowest BCUT2D eigenvalue weighted by atomic mass is 9.90. The van der Waals surface area contributed by atoms with Gasteiger partial charge >= 0.3 is 12.0 Å². The molecule has 3 N–H and O–H groups in total. The van der Waals surface area contributed by atoms with Gasteiger partial charge in [0.2, 0.25) is 0 Å². The van der Waals surface area contributed by atoms with Crippen LogP contribution in [0.3, 0.4) is 0 Å². The summed E-state index contributed by atoms with van der Waals surface area (Å²) in [6, 6.07) is 20.7. The molecule has 0 spiro atoms. The number of carbonyl (C=O) groups is 2. The molecule has 0 aliphatic rings. The second kappa shape index (κ2) is 10.5. The van der Waals surface area contributed by atoms with Gasteiger partial charge in [-0.25, -0.2) is 9.78 Å². The van der Waals surface area contributed by atoms with Crippen molar-refractivity contribution in [3.63, 3.8) is 0 Å². The Morgan fingerprint density at radius 1 is 1.03 bits per heavy atom. The van der Waals surface area contributed by atoms with Gasteiger partial charge < -0.3 is 24.9 Å². The number of rotatable bonds is 8. The van der Waals surface area contributed by atoms with Crippen molar-refractivity contribution in [3.05, 3.63) is 89.9 Å². The van der Waals surface area contributed by atoms with Crippen LogP contribution in [0.15, 0.2) is 83.4 Å². The van der Waals surface area contributed by atoms with Crippen LogP contribution in [-0.2, 0) is 11.2 Å². The lowest BCUT2D eigenvalue weighted by Gasteiger charge is -2.16. The van der Waals surface area contributed by atoms with E-state index in [9.17, 15) is 14.7 Å². The maximum atomic E-state index is 12.6. The van der Waals surface area contributed by atoms with Crippen LogP contribution in [-0.4, -0.2) is 22.1 Å². The number of oxazole rings is 1. The van der Waals surface area contributed by atoms with E-state index >= 15 is 0 Å². The number of hydrogen-bond acceptors (Lipinski definition) is 5. The molecule has 0 fully saturated rings. The smallest absolute Gasteiger partial charge is 0.323 e. The van der Waals surface area contributed by atoms with Crippen molar-refractivity contribution in [2.75, 3.05) is 10.6 Å². The van der Waals surface area contributed by atoms with Crippen LogP contribution in [0.4, 0.5) is 16.2 Å². The lowest BCUT2D eigenvalue weighted by Crippen LogP contribution is -2.26. The number of halogens is 1. The number of urea groups is 1. The Morgan fingerprint density at radius 3 is 2.44 bits per heavy atom. The number of ether oxygens (including phenoxy) is 1. The third kappa shape index (κ3) is 6.22. The first-order valence-electron chi connectivity index (χ1n) is 11.1. The molecule has 0 unspecified atom stereocenters. The number of benzene rings is 3. The van der Waals surface area contributed by atoms with Crippen LogP contribution in [0.2, 0.25) is 5.02 Å². The molecule has 0 aliphatic carbocycles. The van der Waals surface area contributed by atoms with Gasteiger partial charge in [0, 0.05) is 28.8 Å². The maximum Gasteiger partial charge on any atom is 0.323 e. The number of nitrogens with one attached hydrogen (secondary N) is 2. The van der Waals surface area contributed by atoms with Crippen molar-refractivity contribution in [3.8, 4) is 22.8 Å². The van der Waals surface area contributed by atoms with Gasteiger partial charge in [0.15, 0.2) is 17.4 Å². The van der Waals surface area contributed by atoms with E-state index in [-0.39, 0.29) is 6.42 Å². The summed E-state index contributed by atoms with van der Waals surface area (Å²) in [5.41, 5.74) is 0.765. The molecule has 184 valence electrons. The van der Waals surface area contributed by atoms with Crippen molar-refractivity contribution >= 4 is 35.0 Å². The van der Waals surface area contributed by atoms with Gasteiger partial charge in [-0.15, -0.1) is 0 Å². The average molecular weight is 506 g/mol. The molecular weight excluding hydrogens is 482 g/mol. The summed E-state index contributed by atoms with van der Waals surface area (Å²) in [5, 5.41) is 15.3. The van der Waals surface area contributed by atoms with Crippen LogP contribution >= 0.6 is 11.6 Å². The highest BCUT2D eigenvalue weighted by Gasteiger charge is 2.29. The van der Waals surface area contributed by atoms with Crippen molar-refractivity contribution in [2.45, 2.75) is 20.3 Å². The fourth-order valence-electron chi connectivity index (χ4n) is 3.28. The third-order valence-corrected chi connectivity index (χ3v) is 5.55. The highest BCUT2D eigenvalue weighted by Crippen LogP contribution is 2.32. The van der Waals surface area contributed by atoms with E-state index in [1.165, 1.54) is 0 Å². The molecule has 0 saturated heterocycles. The highest BCUT2D eigenvalue weighted by molar-refractivity contribution is 6.30. The summed E-state index contributed by atoms with van der Waals surface area (Å²) >= 11 is 6.11. The number of carbonyl (C=O) groups excluding carboxylic acids is 1. The van der Waals surface area contributed by atoms with Crippen LogP contribution in [0.25, 0.3) is 11.3 Å². The summed E-state index contributed by atoms with van der Waals surface area (Å²) in [7, 11) is 0. The Labute approximate surface area is 212 Å². The minimum atomic E-state index is -0.987. The third-order valence-electron chi connectivity index (χ3n) is 5.32. The number of anilines is 2. The fraction of sp³-hybridized carbons (Fsp3) is 0.148. The molecule has 1 aromatic heterocycles. The minimum Gasteiger partial charge on any atom is -0.481 e. The second-order valence-corrected chi connectivity index (χ2v) is 9.13. The predicted molar refractivity (Wildman–Crippen MR) is 138 cm³/mol. The topological polar surface area (TPSA) is 114 Å². The molecule has 2 amide bonds. The number of aromatic nitrogens is 1. The first-order valence-corrected chi connectivity index (χ1v) is 11.5. The molecule has 0 bridgehead atoms. The van der Waals surface area contributed by atoms with Crippen molar-refractivity contribution < 1.29 is 23.8 Å². The Balaban J connectivity index is 1.40. The average Bonchev–Trinajstić information content (AvgIpc) is 3.29. The zero-order valence-corrected chi connectivity index (χ0v) is 20.4. The van der Waals surface area contributed by atoms with Crippen molar-refractivity contribution in [1.82, 2.24) is 4.98 Å². The zero-order chi connectivity index (χ0) is 25.7. The molecular formula is C27H24ClN3O5. The van der Waals surface area contributed by atoms with E-state index in [1.54, 1.807) is 74.6 Å². The summed E-state index contributed by atoms with van der Waals surface area (Å²) in [4.78, 5) is 28.2. The number of aliphatic carboxylic acids is 1. The van der Waals surface area contributed by atoms with E-state index < -0.39 is 17.4 Å². The summed E-state index contributed by atoms with van der Waals surface area (Å²) < 4.78 is 11.6. The van der Waals surface area contributed by atoms with Gasteiger partial charge in [-0.3, -0.25) is 4.79 Å². The molecule has 0 radical (unpaired) electrons. The van der Waals surface area contributed by atoms with Gasteiger partial charge in [0.25, 0.3) is 0 Å². The maximum absolute atomic E-state index is 12.6. The Kier molecular flexibility index (Phi) is 7.26. The van der Waals surface area contributed by atoms with Crippen LogP contribution < -0.4 is 15.4 Å². The zero-order valence-electron chi connectivity index (χ0n) is 19.6. The Bertz CT molecular complexity index is 1370. The number of para-hydroxylation sites is 1. The van der Waals surface area contributed by atoms with E-state index in [0.29, 0.717) is 39.5 Å². The molecule has 4 aromatic rings. The second-order valence-electron chi connectivity index (χ2n) is 8.70. The SMILES string of the molecule is CC(C)(Cc1ncc(-c2ccc(NC(=O)Nc3ccc(Cl)cc3Oc3ccccc3)cc2)o1)C(=O)O. The molecule has 3 aromatic carbocycles. The number of hydrogen-bond donors (Lipinski definition) is 3. The number of nitrogens with zero attached hydrogens (tertiary/aromatic N) is 1. The van der Waals surface area contributed by atoms with Gasteiger partial charge in [0.05, 0.1) is 17.3 Å². The highest BCUT2D eigenvalue weighted by atomic mass is 35.5. The Morgan fingerprint density at radius 2 is 1.75 bits per heavy atom. The first kappa shape index (κ1) is 24.8. The Hall–Kier alpha value is -4.30. The lowest BCUT2D eigenvalue weighted by molar-refractivity contribution is -0.147. The minimum absolute atomic E-state index is 0.169. The van der Waals surface area contributed by atoms with Gasteiger partial charge in [0.1, 0.15) is 5.75 Å². The van der Waals surface area contributed by atoms with Gasteiger partial charge in [-0.2, -0.15) is 0 Å². The number of carboxylic acid groups (broad SMARTS) is 1. The molecule has 9 heteroatoms. The molecule has 0 atom stereocenters. The van der Waals surface area contributed by atoms with Crippen molar-refractivity contribution in [2.24, 2.45) is 5.41 Å². The molecule has 0 aliphatic heterocycles. The van der Waals surface area contributed by atoms with E-state index in [4.69, 9.17) is 20.8 Å². The van der Waals surface area contributed by atoms with E-state index in [0.717, 1.165) is 5.56 Å². The van der Waals surface area contributed by atoms with E-state index in [2.05, 4.69) is 15.6 Å². The van der Waals surface area contributed by atoms with Crippen LogP contribution in [0, 0.1) is 5.41 Å². The summed E-state index contributed by atoms with van der Waals surface area (Å²) in [6.07, 6.45) is 1.72. The predicted octanol–water partition coefficient (Wildman–Crippen LogP) is 7.08. The first-order chi connectivity index (χ1) is 17.2. The monoisotopic (exact) mass is 505 g/mol. The quantitative estimate of drug-likeness (QED) is 0.235. The molecule has 4 rings (SSSR count). The number of amides is 2. The molecule has 36 heavy (non-hydrogen) atoms. The molecule has 1 heterocycles. The molecule has 0 saturated carbocycles. The standard InChI is InChI=1S/C27H24ClN3O5/c1-27(2,25(32)33)15-24-29-16-23(36-24)17-8-11-19(12-9-17)30-26(34)31-21-13-10-18(28)14-22(21)35-20-6-4-3-5-7-20/h3-14,16H,15H2,1-2H3,(H,32,33)(H2,30,31,34). The summed E-state index contributed by atoms with van der Waals surface area (Å²) in [5.74, 6) is 0.946. The number of carboxylic acids is 1. The normalized spacial score (nSPS) is 11.1. The largest absolute Gasteiger partial charge is 0.481 e. The van der Waals surface area contributed by atoms with Gasteiger partial charge in [-0.05, 0) is 62.4 Å². The summed E-state index contributed by atoms with van der Waals surface area (Å²) in [6.45, 7) is 3.23. The van der Waals surface area contributed by atoms with E-state index in [1.807, 2.05) is 18.2 Å². The van der Waals surface area contributed by atoms with Gasteiger partial charge in [-0.1, -0.05) is 29.8 Å². The molecule has 8 nitrogen and oxygen atoms in total. The van der Waals surface area contributed by atoms with Crippen LogP contribution in [0.5, 0.6) is 11.5 Å². The van der Waals surface area contributed by atoms with Crippen molar-refractivity contribution in [1.29, 1.82) is 0 Å². The van der Waals surface area contributed by atoms with Crippen LogP contribution in [0.1, 0.15) is 19.7 Å². The fourth-order valence-corrected chi connectivity index (χ4v) is 3.44.